The van der Waals surface area contributed by atoms with E-state index < -0.39 is 15.3 Å². The second-order valence-corrected chi connectivity index (χ2v) is 9.17. The van der Waals surface area contributed by atoms with E-state index in [9.17, 15) is 17.6 Å². The molecule has 1 aliphatic carbocycles. The van der Waals surface area contributed by atoms with Crippen molar-refractivity contribution in [1.29, 1.82) is 0 Å². The van der Waals surface area contributed by atoms with Gasteiger partial charge in [-0.15, -0.1) is 0 Å². The molecule has 1 amide bonds. The Labute approximate surface area is 158 Å². The number of ether oxygens (including phenoxy) is 1. The second-order valence-electron chi connectivity index (χ2n) is 6.91. The number of anilines is 1. The third kappa shape index (κ3) is 4.66. The number of carbonyl (C=O) groups is 1. The van der Waals surface area contributed by atoms with Crippen molar-refractivity contribution in [2.24, 2.45) is 0 Å². The van der Waals surface area contributed by atoms with Crippen LogP contribution in [0.3, 0.4) is 0 Å². The summed E-state index contributed by atoms with van der Waals surface area (Å²) in [6, 6.07) is 13.0. The van der Waals surface area contributed by atoms with Crippen molar-refractivity contribution in [1.82, 2.24) is 0 Å². The molecule has 1 saturated carbocycles. The molecule has 5 nitrogen and oxygen atoms in total. The van der Waals surface area contributed by atoms with Crippen LogP contribution in [0.4, 0.5) is 10.1 Å². The van der Waals surface area contributed by atoms with Crippen molar-refractivity contribution >= 4 is 21.4 Å². The molecular weight excluding hydrogens is 369 g/mol. The highest BCUT2D eigenvalue weighted by Gasteiger charge is 2.45. The van der Waals surface area contributed by atoms with Crippen LogP contribution < -0.4 is 10.1 Å². The van der Waals surface area contributed by atoms with Gasteiger partial charge in [0.2, 0.25) is 5.91 Å². The predicted molar refractivity (Wildman–Crippen MR) is 102 cm³/mol. The first-order chi connectivity index (χ1) is 12.8. The first-order valence-corrected chi connectivity index (χ1v) is 10.8. The molecule has 144 valence electrons. The number of sulfone groups is 1. The van der Waals surface area contributed by atoms with E-state index in [4.69, 9.17) is 4.74 Å². The van der Waals surface area contributed by atoms with E-state index in [0.29, 0.717) is 29.8 Å². The van der Waals surface area contributed by atoms with Crippen LogP contribution in [0.15, 0.2) is 48.5 Å². The minimum absolute atomic E-state index is 0.0451. The van der Waals surface area contributed by atoms with Gasteiger partial charge >= 0.3 is 0 Å². The summed E-state index contributed by atoms with van der Waals surface area (Å²) < 4.78 is 41.4. The monoisotopic (exact) mass is 391 g/mol. The molecule has 0 saturated heterocycles. The van der Waals surface area contributed by atoms with Gasteiger partial charge in [-0.3, -0.25) is 4.79 Å². The van der Waals surface area contributed by atoms with Gasteiger partial charge < -0.3 is 10.1 Å². The maximum absolute atomic E-state index is 13.6. The Bertz CT molecular complexity index is 939. The molecule has 0 spiro atoms. The van der Waals surface area contributed by atoms with Crippen LogP contribution in [0, 0.1) is 5.82 Å². The summed E-state index contributed by atoms with van der Waals surface area (Å²) in [6.07, 6.45) is 3.41. The van der Waals surface area contributed by atoms with Gasteiger partial charge in [0.25, 0.3) is 0 Å². The SMILES string of the molecule is CS(=O)(=O)CCOc1cccc(NC(=O)C2(c3cccc(F)c3)CCC2)c1. The fraction of sp³-hybridized carbons (Fsp3) is 0.350. The van der Waals surface area contributed by atoms with Gasteiger partial charge in [-0.2, -0.15) is 0 Å². The summed E-state index contributed by atoms with van der Waals surface area (Å²) in [4.78, 5) is 12.9. The molecule has 2 aromatic carbocycles. The lowest BCUT2D eigenvalue weighted by Gasteiger charge is -2.40. The summed E-state index contributed by atoms with van der Waals surface area (Å²) in [7, 11) is -3.10. The maximum Gasteiger partial charge on any atom is 0.235 e. The summed E-state index contributed by atoms with van der Waals surface area (Å²) in [5.74, 6) is -0.128. The third-order valence-corrected chi connectivity index (χ3v) is 5.74. The predicted octanol–water partition coefficient (Wildman–Crippen LogP) is 3.31. The van der Waals surface area contributed by atoms with Gasteiger partial charge in [0.1, 0.15) is 18.2 Å². The Balaban J connectivity index is 1.71. The van der Waals surface area contributed by atoms with Gasteiger partial charge in [-0.05, 0) is 42.7 Å². The second kappa shape index (κ2) is 7.68. The van der Waals surface area contributed by atoms with E-state index >= 15 is 0 Å². The average Bonchev–Trinajstić information content (AvgIpc) is 2.53. The highest BCUT2D eigenvalue weighted by molar-refractivity contribution is 7.90. The van der Waals surface area contributed by atoms with Crippen molar-refractivity contribution in [3.05, 3.63) is 59.9 Å². The molecule has 0 aliphatic heterocycles. The largest absolute Gasteiger partial charge is 0.492 e. The number of amides is 1. The van der Waals surface area contributed by atoms with Gasteiger partial charge in [0.15, 0.2) is 9.84 Å². The van der Waals surface area contributed by atoms with Crippen LogP contribution in [-0.2, 0) is 20.0 Å². The molecule has 1 fully saturated rings. The van der Waals surface area contributed by atoms with Crippen LogP contribution in [-0.4, -0.2) is 32.9 Å². The maximum atomic E-state index is 13.6. The Morgan fingerprint density at radius 2 is 1.93 bits per heavy atom. The third-order valence-electron chi connectivity index (χ3n) is 4.83. The summed E-state index contributed by atoms with van der Waals surface area (Å²) in [6.45, 7) is 0.0451. The Kier molecular flexibility index (Phi) is 5.51. The number of halogens is 1. The molecule has 0 bridgehead atoms. The van der Waals surface area contributed by atoms with Crippen LogP contribution in [0.25, 0.3) is 0 Å². The van der Waals surface area contributed by atoms with Crippen LogP contribution in [0.1, 0.15) is 24.8 Å². The minimum Gasteiger partial charge on any atom is -0.492 e. The lowest BCUT2D eigenvalue weighted by Crippen LogP contribution is -2.46. The zero-order valence-electron chi connectivity index (χ0n) is 15.1. The Morgan fingerprint density at radius 3 is 2.56 bits per heavy atom. The molecule has 0 radical (unpaired) electrons. The molecule has 1 N–H and O–H groups in total. The fourth-order valence-electron chi connectivity index (χ4n) is 3.19. The van der Waals surface area contributed by atoms with Crippen LogP contribution in [0.5, 0.6) is 5.75 Å². The molecule has 2 aromatic rings. The topological polar surface area (TPSA) is 72.5 Å². The first-order valence-electron chi connectivity index (χ1n) is 8.77. The Hall–Kier alpha value is -2.41. The van der Waals surface area contributed by atoms with E-state index in [-0.39, 0.29) is 24.1 Å². The molecule has 0 atom stereocenters. The van der Waals surface area contributed by atoms with Crippen LogP contribution in [0.2, 0.25) is 0 Å². The molecule has 7 heteroatoms. The van der Waals surface area contributed by atoms with Gasteiger partial charge in [-0.1, -0.05) is 24.6 Å². The van der Waals surface area contributed by atoms with Gasteiger partial charge in [-0.25, -0.2) is 12.8 Å². The molecule has 0 unspecified atom stereocenters. The summed E-state index contributed by atoms with van der Waals surface area (Å²) >= 11 is 0. The highest BCUT2D eigenvalue weighted by atomic mass is 32.2. The molecule has 0 heterocycles. The van der Waals surface area contributed by atoms with Crippen LogP contribution >= 0.6 is 0 Å². The number of hydrogen-bond acceptors (Lipinski definition) is 4. The molecular formula is C20H22FNO4S. The zero-order chi connectivity index (χ0) is 19.5. The number of rotatable bonds is 7. The normalized spacial score (nSPS) is 15.6. The van der Waals surface area contributed by atoms with Crippen molar-refractivity contribution < 1.29 is 22.3 Å². The molecule has 1 aliphatic rings. The molecule has 0 aromatic heterocycles. The number of nitrogens with one attached hydrogen (secondary N) is 1. The van der Waals surface area contributed by atoms with E-state index in [1.165, 1.54) is 12.1 Å². The average molecular weight is 391 g/mol. The van der Waals surface area contributed by atoms with Crippen molar-refractivity contribution in [3.63, 3.8) is 0 Å². The fourth-order valence-corrected chi connectivity index (χ4v) is 3.57. The van der Waals surface area contributed by atoms with E-state index in [1.807, 2.05) is 0 Å². The van der Waals surface area contributed by atoms with E-state index in [2.05, 4.69) is 5.32 Å². The van der Waals surface area contributed by atoms with Crippen molar-refractivity contribution in [2.75, 3.05) is 23.9 Å². The smallest absolute Gasteiger partial charge is 0.235 e. The first kappa shape index (κ1) is 19.4. The summed E-state index contributed by atoms with van der Waals surface area (Å²) in [5, 5.41) is 2.89. The van der Waals surface area contributed by atoms with Crippen molar-refractivity contribution in [2.45, 2.75) is 24.7 Å². The quantitative estimate of drug-likeness (QED) is 0.786. The van der Waals surface area contributed by atoms with Gasteiger partial charge in [0, 0.05) is 18.0 Å². The lowest BCUT2D eigenvalue weighted by molar-refractivity contribution is -0.124. The van der Waals surface area contributed by atoms with Gasteiger partial charge in [0.05, 0.1) is 11.2 Å². The summed E-state index contributed by atoms with van der Waals surface area (Å²) in [5.41, 5.74) is 0.529. The number of benzene rings is 2. The number of hydrogen-bond donors (Lipinski definition) is 1. The number of carbonyl (C=O) groups excluding carboxylic acids is 1. The van der Waals surface area contributed by atoms with E-state index in [0.717, 1.165) is 12.7 Å². The Morgan fingerprint density at radius 1 is 1.19 bits per heavy atom. The standard InChI is InChI=1S/C20H22FNO4S/c1-27(24,25)12-11-26-18-8-3-7-17(14-18)22-19(23)20(9-4-10-20)15-5-2-6-16(21)13-15/h2-3,5-8,13-14H,4,9-12H2,1H3,(H,22,23). The molecule has 27 heavy (non-hydrogen) atoms. The lowest BCUT2D eigenvalue weighted by atomic mass is 9.63. The van der Waals surface area contributed by atoms with E-state index in [1.54, 1.807) is 36.4 Å². The molecule has 3 rings (SSSR count). The van der Waals surface area contributed by atoms with Crippen molar-refractivity contribution in [3.8, 4) is 5.75 Å². The highest BCUT2D eigenvalue weighted by Crippen LogP contribution is 2.44. The zero-order valence-corrected chi connectivity index (χ0v) is 15.9. The minimum atomic E-state index is -3.10.